The Labute approximate surface area is 135 Å². The van der Waals surface area contributed by atoms with Gasteiger partial charge in [-0.05, 0) is 24.1 Å². The number of anilines is 2. The van der Waals surface area contributed by atoms with Crippen molar-refractivity contribution in [2.24, 2.45) is 0 Å². The molecule has 5 nitrogen and oxygen atoms in total. The minimum Gasteiger partial charge on any atom is -0.366 e. The molecular weight excluding hydrogens is 286 g/mol. The molecule has 2 aromatic heterocycles. The van der Waals surface area contributed by atoms with Crippen LogP contribution in [0.15, 0.2) is 60.9 Å². The van der Waals surface area contributed by atoms with Crippen LogP contribution in [0.4, 0.5) is 11.6 Å². The van der Waals surface area contributed by atoms with Gasteiger partial charge in [-0.15, -0.1) is 0 Å². The third-order valence-corrected chi connectivity index (χ3v) is 3.35. The third-order valence-electron chi connectivity index (χ3n) is 3.35. The predicted molar refractivity (Wildman–Crippen MR) is 92.1 cm³/mol. The highest BCUT2D eigenvalue weighted by molar-refractivity contribution is 5.48. The summed E-state index contributed by atoms with van der Waals surface area (Å²) in [5.41, 5.74) is 2.33. The molecule has 23 heavy (non-hydrogen) atoms. The fraction of sp³-hybridized carbons (Fsp3) is 0.167. The van der Waals surface area contributed by atoms with Crippen LogP contribution in [0.3, 0.4) is 0 Å². The molecule has 0 bridgehead atoms. The van der Waals surface area contributed by atoms with E-state index in [1.165, 1.54) is 5.56 Å². The molecule has 2 N–H and O–H groups in total. The lowest BCUT2D eigenvalue weighted by Gasteiger charge is -2.10. The van der Waals surface area contributed by atoms with Gasteiger partial charge in [0.25, 0.3) is 0 Å². The van der Waals surface area contributed by atoms with E-state index in [-0.39, 0.29) is 0 Å². The summed E-state index contributed by atoms with van der Waals surface area (Å²) in [6.07, 6.45) is 3.61. The largest absolute Gasteiger partial charge is 0.366 e. The summed E-state index contributed by atoms with van der Waals surface area (Å²) < 4.78 is 0. The molecule has 0 atom stereocenters. The monoisotopic (exact) mass is 305 g/mol. The van der Waals surface area contributed by atoms with E-state index in [1.54, 1.807) is 6.20 Å². The number of nitrogens with one attached hydrogen (secondary N) is 2. The Kier molecular flexibility index (Phi) is 4.79. The molecule has 0 fully saturated rings. The van der Waals surface area contributed by atoms with Crippen molar-refractivity contribution in [3.8, 4) is 0 Å². The van der Waals surface area contributed by atoms with E-state index >= 15 is 0 Å². The predicted octanol–water partition coefficient (Wildman–Crippen LogP) is 3.40. The first-order valence-corrected chi connectivity index (χ1v) is 7.56. The number of nitrogens with zero attached hydrogens (tertiary/aromatic N) is 3. The van der Waals surface area contributed by atoms with Crippen LogP contribution in [0.2, 0.25) is 0 Å². The fourth-order valence-electron chi connectivity index (χ4n) is 2.23. The van der Waals surface area contributed by atoms with Gasteiger partial charge in [0.1, 0.15) is 17.5 Å². The van der Waals surface area contributed by atoms with Crippen LogP contribution in [0.25, 0.3) is 0 Å². The summed E-state index contributed by atoms with van der Waals surface area (Å²) in [5.74, 6) is 2.35. The number of aryl methyl sites for hydroxylation is 1. The first kappa shape index (κ1) is 15.0. The lowest BCUT2D eigenvalue weighted by atomic mass is 10.2. The number of pyridine rings is 1. The number of aromatic nitrogens is 3. The number of hydrogen-bond donors (Lipinski definition) is 2. The molecule has 0 aliphatic carbocycles. The highest BCUT2D eigenvalue weighted by Gasteiger charge is 2.02. The minimum absolute atomic E-state index is 0.683. The van der Waals surface area contributed by atoms with E-state index < -0.39 is 0 Å². The number of hydrogen-bond acceptors (Lipinski definition) is 5. The molecule has 0 aliphatic heterocycles. The van der Waals surface area contributed by atoms with Gasteiger partial charge in [-0.2, -0.15) is 0 Å². The summed E-state index contributed by atoms with van der Waals surface area (Å²) in [6, 6.07) is 16.1. The second-order valence-corrected chi connectivity index (χ2v) is 5.24. The smallest absolute Gasteiger partial charge is 0.132 e. The van der Waals surface area contributed by atoms with Crippen LogP contribution in [-0.4, -0.2) is 15.0 Å². The first-order valence-electron chi connectivity index (χ1n) is 7.56. The molecule has 0 amide bonds. The average molecular weight is 305 g/mol. The van der Waals surface area contributed by atoms with E-state index in [2.05, 4.69) is 37.7 Å². The lowest BCUT2D eigenvalue weighted by Crippen LogP contribution is -2.07. The summed E-state index contributed by atoms with van der Waals surface area (Å²) in [6.45, 7) is 3.31. The maximum absolute atomic E-state index is 4.43. The molecule has 0 radical (unpaired) electrons. The van der Waals surface area contributed by atoms with Crippen molar-refractivity contribution in [3.63, 3.8) is 0 Å². The van der Waals surface area contributed by atoms with Crippen molar-refractivity contribution in [1.29, 1.82) is 0 Å². The molecule has 0 unspecified atom stereocenters. The van der Waals surface area contributed by atoms with E-state index in [0.717, 1.165) is 29.6 Å². The molecule has 0 aliphatic rings. The minimum atomic E-state index is 0.683. The molecule has 0 saturated carbocycles. The maximum Gasteiger partial charge on any atom is 0.132 e. The van der Waals surface area contributed by atoms with Gasteiger partial charge in [0, 0.05) is 31.5 Å². The standard InChI is InChI=1S/C18H19N5/c1-14-22-17(20-12-15-6-3-2-4-7-15)10-18(23-14)21-13-16-8-5-9-19-11-16/h2-11H,12-13H2,1H3,(H2,20,21,22,23). The van der Waals surface area contributed by atoms with Crippen LogP contribution in [-0.2, 0) is 13.1 Å². The SMILES string of the molecule is Cc1nc(NCc2ccccc2)cc(NCc2cccnc2)n1. The quantitative estimate of drug-likeness (QED) is 0.731. The van der Waals surface area contributed by atoms with Crippen LogP contribution in [0, 0.1) is 6.92 Å². The Balaban J connectivity index is 1.64. The molecule has 1 aromatic carbocycles. The summed E-state index contributed by atoms with van der Waals surface area (Å²) >= 11 is 0. The average Bonchev–Trinajstić information content (AvgIpc) is 2.60. The third kappa shape index (κ3) is 4.51. The molecule has 0 spiro atoms. The van der Waals surface area contributed by atoms with Crippen molar-refractivity contribution < 1.29 is 0 Å². The van der Waals surface area contributed by atoms with Crippen molar-refractivity contribution in [2.75, 3.05) is 10.6 Å². The Morgan fingerprint density at radius 1 is 0.826 bits per heavy atom. The van der Waals surface area contributed by atoms with Gasteiger partial charge in [-0.1, -0.05) is 36.4 Å². The second-order valence-electron chi connectivity index (χ2n) is 5.24. The van der Waals surface area contributed by atoms with Gasteiger partial charge in [0.2, 0.25) is 0 Å². The van der Waals surface area contributed by atoms with Gasteiger partial charge in [-0.3, -0.25) is 4.98 Å². The Morgan fingerprint density at radius 2 is 1.48 bits per heavy atom. The van der Waals surface area contributed by atoms with Gasteiger partial charge in [0.05, 0.1) is 0 Å². The Morgan fingerprint density at radius 3 is 2.13 bits per heavy atom. The number of rotatable bonds is 6. The van der Waals surface area contributed by atoms with Crippen LogP contribution < -0.4 is 10.6 Å². The summed E-state index contributed by atoms with van der Waals surface area (Å²) in [4.78, 5) is 13.0. The highest BCUT2D eigenvalue weighted by atomic mass is 15.1. The molecular formula is C18H19N5. The topological polar surface area (TPSA) is 62.7 Å². The van der Waals surface area contributed by atoms with Gasteiger partial charge in [0.15, 0.2) is 0 Å². The van der Waals surface area contributed by atoms with E-state index in [9.17, 15) is 0 Å². The Bertz CT molecular complexity index is 682. The van der Waals surface area contributed by atoms with E-state index in [1.807, 2.05) is 49.5 Å². The zero-order chi connectivity index (χ0) is 15.9. The van der Waals surface area contributed by atoms with Crippen molar-refractivity contribution in [3.05, 3.63) is 77.9 Å². The molecule has 0 saturated heterocycles. The molecule has 3 aromatic rings. The van der Waals surface area contributed by atoms with Gasteiger partial charge < -0.3 is 10.6 Å². The van der Waals surface area contributed by atoms with E-state index in [4.69, 9.17) is 0 Å². The van der Waals surface area contributed by atoms with Crippen molar-refractivity contribution >= 4 is 11.6 Å². The van der Waals surface area contributed by atoms with E-state index in [0.29, 0.717) is 6.54 Å². The number of benzene rings is 1. The van der Waals surface area contributed by atoms with Crippen LogP contribution >= 0.6 is 0 Å². The fourth-order valence-corrected chi connectivity index (χ4v) is 2.23. The first-order chi connectivity index (χ1) is 11.3. The van der Waals surface area contributed by atoms with Crippen LogP contribution in [0.5, 0.6) is 0 Å². The normalized spacial score (nSPS) is 10.3. The second kappa shape index (κ2) is 7.35. The lowest BCUT2D eigenvalue weighted by molar-refractivity contribution is 1.00. The zero-order valence-electron chi connectivity index (χ0n) is 13.0. The van der Waals surface area contributed by atoms with Crippen LogP contribution in [0.1, 0.15) is 17.0 Å². The maximum atomic E-state index is 4.43. The molecule has 5 heteroatoms. The van der Waals surface area contributed by atoms with Gasteiger partial charge >= 0.3 is 0 Å². The summed E-state index contributed by atoms with van der Waals surface area (Å²) in [5, 5.41) is 6.65. The Hall–Kier alpha value is -2.95. The molecule has 3 rings (SSSR count). The molecule has 2 heterocycles. The summed E-state index contributed by atoms with van der Waals surface area (Å²) in [7, 11) is 0. The van der Waals surface area contributed by atoms with Crippen molar-refractivity contribution in [2.45, 2.75) is 20.0 Å². The zero-order valence-corrected chi connectivity index (χ0v) is 13.0. The molecule has 116 valence electrons. The van der Waals surface area contributed by atoms with Gasteiger partial charge in [-0.25, -0.2) is 9.97 Å². The van der Waals surface area contributed by atoms with Crippen molar-refractivity contribution in [1.82, 2.24) is 15.0 Å². The highest BCUT2D eigenvalue weighted by Crippen LogP contribution is 2.13.